The maximum Gasteiger partial charge on any atom is 0.359 e. The molecule has 27 heavy (non-hydrogen) atoms. The second kappa shape index (κ2) is 8.19. The summed E-state index contributed by atoms with van der Waals surface area (Å²) in [5.41, 5.74) is 2.13. The van der Waals surface area contributed by atoms with Crippen LogP contribution in [0, 0.1) is 0 Å². The van der Waals surface area contributed by atoms with Gasteiger partial charge in [-0.25, -0.2) is 9.80 Å². The molecule has 138 valence electrons. The van der Waals surface area contributed by atoms with Crippen molar-refractivity contribution in [3.63, 3.8) is 0 Å². The standard InChI is InChI=1S/C20H18N2O3S2/c23-18-11-10-17(21-22(18)15-4-2-1-3-5-15)19(24)25-16-8-6-14(7-9-16)20-26-12-13-27-20/h1-9,20H,10-13H2. The molecule has 0 N–H and O–H groups in total. The van der Waals surface area contributed by atoms with E-state index >= 15 is 0 Å². The van der Waals surface area contributed by atoms with Gasteiger partial charge in [-0.2, -0.15) is 5.10 Å². The Balaban J connectivity index is 1.46. The zero-order chi connectivity index (χ0) is 18.6. The Morgan fingerprint density at radius 2 is 1.70 bits per heavy atom. The van der Waals surface area contributed by atoms with Crippen molar-refractivity contribution in [3.05, 3.63) is 60.2 Å². The van der Waals surface area contributed by atoms with Gasteiger partial charge in [-0.15, -0.1) is 23.5 Å². The van der Waals surface area contributed by atoms with Crippen LogP contribution in [-0.2, 0) is 9.59 Å². The van der Waals surface area contributed by atoms with Crippen LogP contribution >= 0.6 is 23.5 Å². The van der Waals surface area contributed by atoms with Gasteiger partial charge in [0.15, 0.2) is 0 Å². The van der Waals surface area contributed by atoms with E-state index in [1.807, 2.05) is 66.0 Å². The molecular formula is C20H18N2O3S2. The van der Waals surface area contributed by atoms with E-state index in [9.17, 15) is 9.59 Å². The Labute approximate surface area is 166 Å². The fraction of sp³-hybridized carbons (Fsp3) is 0.250. The molecule has 2 aromatic rings. The summed E-state index contributed by atoms with van der Waals surface area (Å²) in [6.07, 6.45) is 0.520. The van der Waals surface area contributed by atoms with E-state index in [-0.39, 0.29) is 24.5 Å². The lowest BCUT2D eigenvalue weighted by atomic mass is 10.1. The Hall–Kier alpha value is -2.25. The van der Waals surface area contributed by atoms with Gasteiger partial charge in [0.1, 0.15) is 11.5 Å². The molecule has 0 aliphatic carbocycles. The summed E-state index contributed by atoms with van der Waals surface area (Å²) in [5.74, 6) is 2.18. The van der Waals surface area contributed by atoms with Gasteiger partial charge in [0.2, 0.25) is 5.91 Å². The monoisotopic (exact) mass is 398 g/mol. The second-order valence-electron chi connectivity index (χ2n) is 6.12. The van der Waals surface area contributed by atoms with Crippen molar-refractivity contribution >= 4 is 46.8 Å². The molecule has 0 bridgehead atoms. The summed E-state index contributed by atoms with van der Waals surface area (Å²) in [6.45, 7) is 0. The predicted molar refractivity (Wildman–Crippen MR) is 110 cm³/mol. The number of carbonyl (C=O) groups is 2. The topological polar surface area (TPSA) is 59.0 Å². The van der Waals surface area contributed by atoms with E-state index in [2.05, 4.69) is 5.10 Å². The normalized spacial score (nSPS) is 17.7. The number of hydrogen-bond donors (Lipinski definition) is 0. The highest BCUT2D eigenvalue weighted by Crippen LogP contribution is 2.45. The molecule has 0 radical (unpaired) electrons. The van der Waals surface area contributed by atoms with Crippen LogP contribution in [0.2, 0.25) is 0 Å². The van der Waals surface area contributed by atoms with Gasteiger partial charge in [0, 0.05) is 24.3 Å². The van der Waals surface area contributed by atoms with Crippen LogP contribution in [0.1, 0.15) is 23.0 Å². The van der Waals surface area contributed by atoms with Gasteiger partial charge >= 0.3 is 5.97 Å². The maximum atomic E-state index is 12.5. The third kappa shape index (κ3) is 4.20. The molecule has 2 heterocycles. The number of esters is 1. The van der Waals surface area contributed by atoms with Crippen LogP contribution in [-0.4, -0.2) is 29.1 Å². The van der Waals surface area contributed by atoms with Gasteiger partial charge < -0.3 is 4.74 Å². The van der Waals surface area contributed by atoms with E-state index in [4.69, 9.17) is 4.74 Å². The van der Waals surface area contributed by atoms with Crippen LogP contribution in [0.4, 0.5) is 5.69 Å². The number of para-hydroxylation sites is 1. The fourth-order valence-corrected chi connectivity index (χ4v) is 5.74. The van der Waals surface area contributed by atoms with Gasteiger partial charge in [-0.1, -0.05) is 30.3 Å². The van der Waals surface area contributed by atoms with Crippen LogP contribution in [0.15, 0.2) is 59.7 Å². The number of amides is 1. The summed E-state index contributed by atoms with van der Waals surface area (Å²) in [6, 6.07) is 16.7. The first-order valence-electron chi connectivity index (χ1n) is 8.71. The van der Waals surface area contributed by atoms with E-state index in [1.165, 1.54) is 22.1 Å². The van der Waals surface area contributed by atoms with Gasteiger partial charge in [0.25, 0.3) is 0 Å². The van der Waals surface area contributed by atoms with Crippen molar-refractivity contribution in [1.82, 2.24) is 0 Å². The average molecular weight is 399 g/mol. The highest BCUT2D eigenvalue weighted by atomic mass is 32.2. The molecule has 2 aromatic carbocycles. The first kappa shape index (κ1) is 18.1. The minimum Gasteiger partial charge on any atom is -0.422 e. The lowest BCUT2D eigenvalue weighted by molar-refractivity contribution is -0.127. The molecule has 0 unspecified atom stereocenters. The number of benzene rings is 2. The van der Waals surface area contributed by atoms with Crippen molar-refractivity contribution in [2.75, 3.05) is 16.5 Å². The number of anilines is 1. The molecule has 1 saturated heterocycles. The van der Waals surface area contributed by atoms with Crippen LogP contribution in [0.5, 0.6) is 5.75 Å². The van der Waals surface area contributed by atoms with Crippen molar-refractivity contribution in [1.29, 1.82) is 0 Å². The first-order valence-corrected chi connectivity index (χ1v) is 10.8. The number of carbonyl (C=O) groups excluding carboxylic acids is 2. The summed E-state index contributed by atoms with van der Waals surface area (Å²) in [5, 5.41) is 5.50. The number of thioether (sulfide) groups is 2. The summed E-state index contributed by atoms with van der Waals surface area (Å²) < 4.78 is 5.93. The van der Waals surface area contributed by atoms with E-state index in [1.54, 1.807) is 12.1 Å². The number of rotatable bonds is 4. The summed E-state index contributed by atoms with van der Waals surface area (Å²) >= 11 is 3.87. The Bertz CT molecular complexity index is 863. The van der Waals surface area contributed by atoms with Gasteiger partial charge in [-0.05, 0) is 29.8 Å². The lowest BCUT2D eigenvalue weighted by Crippen LogP contribution is -2.35. The molecule has 7 heteroatoms. The fourth-order valence-electron chi connectivity index (χ4n) is 2.88. The molecule has 4 rings (SSSR count). The van der Waals surface area contributed by atoms with Crippen molar-refractivity contribution in [2.24, 2.45) is 5.10 Å². The van der Waals surface area contributed by atoms with Crippen LogP contribution in [0.3, 0.4) is 0 Å². The van der Waals surface area contributed by atoms with Crippen molar-refractivity contribution in [2.45, 2.75) is 17.4 Å². The van der Waals surface area contributed by atoms with Crippen LogP contribution < -0.4 is 9.75 Å². The SMILES string of the molecule is O=C(Oc1ccc(C2SCCS2)cc1)C1=NN(c2ccccc2)C(=O)CC1. The lowest BCUT2D eigenvalue weighted by Gasteiger charge is -2.22. The minimum atomic E-state index is -0.513. The molecule has 1 amide bonds. The Kier molecular flexibility index (Phi) is 5.50. The molecule has 0 aromatic heterocycles. The van der Waals surface area contributed by atoms with Crippen molar-refractivity contribution in [3.8, 4) is 5.75 Å². The smallest absolute Gasteiger partial charge is 0.359 e. The minimum absolute atomic E-state index is 0.131. The molecule has 0 atom stereocenters. The molecule has 2 aliphatic rings. The largest absolute Gasteiger partial charge is 0.422 e. The molecule has 0 saturated carbocycles. The van der Waals surface area contributed by atoms with Crippen molar-refractivity contribution < 1.29 is 14.3 Å². The molecule has 1 fully saturated rings. The third-order valence-electron chi connectivity index (χ3n) is 4.25. The summed E-state index contributed by atoms with van der Waals surface area (Å²) in [7, 11) is 0. The summed E-state index contributed by atoms with van der Waals surface area (Å²) in [4.78, 5) is 24.6. The highest BCUT2D eigenvalue weighted by molar-refractivity contribution is 8.19. The van der Waals surface area contributed by atoms with E-state index < -0.39 is 5.97 Å². The molecule has 2 aliphatic heterocycles. The zero-order valence-electron chi connectivity index (χ0n) is 14.5. The molecule has 0 spiro atoms. The first-order chi connectivity index (χ1) is 13.2. The quantitative estimate of drug-likeness (QED) is 0.569. The second-order valence-corrected chi connectivity index (χ2v) is 8.84. The van der Waals surface area contributed by atoms with Crippen LogP contribution in [0.25, 0.3) is 0 Å². The van der Waals surface area contributed by atoms with E-state index in [0.29, 0.717) is 16.0 Å². The average Bonchev–Trinajstić information content (AvgIpc) is 3.24. The predicted octanol–water partition coefficient (Wildman–Crippen LogP) is 4.25. The highest BCUT2D eigenvalue weighted by Gasteiger charge is 2.27. The van der Waals surface area contributed by atoms with Gasteiger partial charge in [0.05, 0.1) is 10.3 Å². The van der Waals surface area contributed by atoms with Gasteiger partial charge in [-0.3, -0.25) is 4.79 Å². The molecular weight excluding hydrogens is 380 g/mol. The van der Waals surface area contributed by atoms with E-state index in [0.717, 1.165) is 0 Å². The zero-order valence-corrected chi connectivity index (χ0v) is 16.2. The maximum absolute atomic E-state index is 12.5. The molecule has 5 nitrogen and oxygen atoms in total. The number of nitrogens with zero attached hydrogens (tertiary/aromatic N) is 2. The number of hydrazone groups is 1. The third-order valence-corrected chi connectivity index (χ3v) is 7.36. The number of hydrogen-bond acceptors (Lipinski definition) is 6. The Morgan fingerprint density at radius 3 is 2.41 bits per heavy atom. The number of ether oxygens (including phenoxy) is 1. The Morgan fingerprint density at radius 1 is 1.00 bits per heavy atom.